The van der Waals surface area contributed by atoms with E-state index in [-0.39, 0.29) is 12.6 Å². The van der Waals surface area contributed by atoms with Crippen LogP contribution in [0.3, 0.4) is 0 Å². The molecule has 24 heavy (non-hydrogen) atoms. The molecule has 2 fully saturated rings. The molecule has 0 aromatic heterocycles. The van der Waals surface area contributed by atoms with Crippen molar-refractivity contribution in [3.05, 3.63) is 28.8 Å². The predicted octanol–water partition coefficient (Wildman–Crippen LogP) is 2.04. The molecule has 3 rings (SSSR count). The molecule has 2 heterocycles. The van der Waals surface area contributed by atoms with Crippen LogP contribution in [-0.4, -0.2) is 50.8 Å². The molecule has 5 nitrogen and oxygen atoms in total. The van der Waals surface area contributed by atoms with Crippen LogP contribution in [0.5, 0.6) is 5.75 Å². The second-order valence-corrected chi connectivity index (χ2v) is 7.31. The van der Waals surface area contributed by atoms with Crippen molar-refractivity contribution in [3.8, 4) is 5.75 Å². The van der Waals surface area contributed by atoms with Gasteiger partial charge in [0.25, 0.3) is 0 Å². The van der Waals surface area contributed by atoms with Crippen molar-refractivity contribution < 1.29 is 14.3 Å². The maximum Gasteiger partial charge on any atom is 0.343 e. The predicted molar refractivity (Wildman–Crippen MR) is 93.2 cm³/mol. The van der Waals surface area contributed by atoms with Crippen LogP contribution in [0.2, 0.25) is 0 Å². The van der Waals surface area contributed by atoms with Gasteiger partial charge in [0.1, 0.15) is 5.75 Å². The quantitative estimate of drug-likeness (QED) is 0.836. The van der Waals surface area contributed by atoms with Crippen molar-refractivity contribution in [2.45, 2.75) is 33.2 Å². The molecular formula is C19H28N2O3. The number of nitrogens with zero attached hydrogens (tertiary/aromatic N) is 1. The van der Waals surface area contributed by atoms with Crippen LogP contribution in [-0.2, 0) is 16.1 Å². The van der Waals surface area contributed by atoms with Crippen LogP contribution >= 0.6 is 0 Å². The number of methoxy groups -OCH3 is 1. The molecule has 1 atom stereocenters. The molecule has 0 radical (unpaired) electrons. The zero-order valence-corrected chi connectivity index (χ0v) is 15.0. The monoisotopic (exact) mass is 332 g/mol. The highest BCUT2D eigenvalue weighted by Gasteiger charge is 2.40. The Bertz CT molecular complexity index is 586. The number of benzene rings is 1. The van der Waals surface area contributed by atoms with E-state index >= 15 is 0 Å². The molecule has 132 valence electrons. The van der Waals surface area contributed by atoms with E-state index in [0.717, 1.165) is 30.0 Å². The maximum absolute atomic E-state index is 11.3. The zero-order valence-electron chi connectivity index (χ0n) is 15.0. The van der Waals surface area contributed by atoms with Gasteiger partial charge in [-0.25, -0.2) is 4.79 Å². The van der Waals surface area contributed by atoms with Crippen LogP contribution in [0.25, 0.3) is 0 Å². The molecule has 1 unspecified atom stereocenters. The molecule has 0 saturated carbocycles. The lowest BCUT2D eigenvalue weighted by atomic mass is 9.86. The summed E-state index contributed by atoms with van der Waals surface area (Å²) in [6.45, 7) is 9.73. The minimum absolute atomic E-state index is 0.0425. The number of aryl methyl sites for hydroxylation is 2. The largest absolute Gasteiger partial charge is 0.481 e. The number of esters is 1. The van der Waals surface area contributed by atoms with Gasteiger partial charge in [0.2, 0.25) is 0 Å². The van der Waals surface area contributed by atoms with Crippen molar-refractivity contribution in [2.24, 2.45) is 5.41 Å². The highest BCUT2D eigenvalue weighted by atomic mass is 16.6. The first-order valence-corrected chi connectivity index (χ1v) is 8.74. The first-order chi connectivity index (χ1) is 11.5. The highest BCUT2D eigenvalue weighted by molar-refractivity contribution is 5.71. The van der Waals surface area contributed by atoms with Crippen molar-refractivity contribution in [1.29, 1.82) is 0 Å². The van der Waals surface area contributed by atoms with E-state index in [1.807, 2.05) is 13.8 Å². The summed E-state index contributed by atoms with van der Waals surface area (Å²) in [5, 5.41) is 3.51. The fraction of sp³-hybridized carbons (Fsp3) is 0.632. The Hall–Kier alpha value is -1.59. The zero-order chi connectivity index (χ0) is 17.2. The molecular weight excluding hydrogens is 304 g/mol. The molecule has 0 amide bonds. The van der Waals surface area contributed by atoms with Crippen molar-refractivity contribution in [2.75, 3.05) is 39.9 Å². The third-order valence-electron chi connectivity index (χ3n) is 5.34. The number of nitrogens with one attached hydrogen (secondary N) is 1. The average molecular weight is 332 g/mol. The average Bonchev–Trinajstić information content (AvgIpc) is 3.16. The van der Waals surface area contributed by atoms with E-state index in [2.05, 4.69) is 27.1 Å². The van der Waals surface area contributed by atoms with Gasteiger partial charge in [0.05, 0.1) is 7.11 Å². The number of carbonyl (C=O) groups excluding carboxylic acids is 1. The molecule has 2 aliphatic heterocycles. The number of hydrogen-bond donors (Lipinski definition) is 1. The second kappa shape index (κ2) is 7.11. The second-order valence-electron chi connectivity index (χ2n) is 7.31. The molecule has 2 aliphatic rings. The summed E-state index contributed by atoms with van der Waals surface area (Å²) in [4.78, 5) is 13.8. The molecule has 1 aromatic carbocycles. The number of ether oxygens (including phenoxy) is 2. The Morgan fingerprint density at radius 1 is 1.29 bits per heavy atom. The number of hydrogen-bond acceptors (Lipinski definition) is 5. The first kappa shape index (κ1) is 17.2. The van der Waals surface area contributed by atoms with E-state index in [1.54, 1.807) is 0 Å². The van der Waals surface area contributed by atoms with Crippen molar-refractivity contribution in [3.63, 3.8) is 0 Å². The van der Waals surface area contributed by atoms with Crippen LogP contribution in [0, 0.1) is 19.3 Å². The minimum Gasteiger partial charge on any atom is -0.481 e. The van der Waals surface area contributed by atoms with Gasteiger partial charge in [-0.2, -0.15) is 0 Å². The van der Waals surface area contributed by atoms with Crippen LogP contribution < -0.4 is 10.1 Å². The SMILES string of the molecule is COC(=O)COc1c(C)cc(CN2CCC3(CCNC3)C2)cc1C. The standard InChI is InChI=1S/C19H28N2O3/c1-14-8-16(9-15(2)18(14)24-11-17(22)23-3)10-21-7-5-19(13-21)4-6-20-12-19/h8-9,20H,4-7,10-13H2,1-3H3. The number of likely N-dealkylation sites (tertiary alicyclic amines) is 1. The number of carbonyl (C=O) groups is 1. The lowest BCUT2D eigenvalue weighted by molar-refractivity contribution is -0.142. The third kappa shape index (κ3) is 3.73. The van der Waals surface area contributed by atoms with E-state index in [4.69, 9.17) is 4.74 Å². The number of rotatable bonds is 5. The molecule has 2 saturated heterocycles. The van der Waals surface area contributed by atoms with Crippen LogP contribution in [0.4, 0.5) is 0 Å². The molecule has 1 aromatic rings. The van der Waals surface area contributed by atoms with Gasteiger partial charge in [-0.1, -0.05) is 12.1 Å². The Labute approximate surface area is 144 Å². The summed E-state index contributed by atoms with van der Waals surface area (Å²) < 4.78 is 10.3. The van der Waals surface area contributed by atoms with E-state index in [1.165, 1.54) is 45.1 Å². The summed E-state index contributed by atoms with van der Waals surface area (Å²) >= 11 is 0. The lowest BCUT2D eigenvalue weighted by Gasteiger charge is -2.23. The third-order valence-corrected chi connectivity index (χ3v) is 5.34. The summed E-state index contributed by atoms with van der Waals surface area (Å²) in [5.41, 5.74) is 3.97. The molecule has 5 heteroatoms. The molecule has 0 bridgehead atoms. The van der Waals surface area contributed by atoms with Gasteiger partial charge in [-0.05, 0) is 61.9 Å². The summed E-state index contributed by atoms with van der Waals surface area (Å²) in [5.74, 6) is 0.437. The fourth-order valence-electron chi connectivity index (χ4n) is 4.11. The Kier molecular flexibility index (Phi) is 5.11. The summed E-state index contributed by atoms with van der Waals surface area (Å²) in [7, 11) is 1.37. The Morgan fingerprint density at radius 3 is 2.67 bits per heavy atom. The maximum atomic E-state index is 11.3. The highest BCUT2D eigenvalue weighted by Crippen LogP contribution is 2.37. The van der Waals surface area contributed by atoms with Gasteiger partial charge < -0.3 is 14.8 Å². The van der Waals surface area contributed by atoms with E-state index < -0.39 is 0 Å². The van der Waals surface area contributed by atoms with Gasteiger partial charge in [0, 0.05) is 19.6 Å². The summed E-state index contributed by atoms with van der Waals surface area (Å²) in [6, 6.07) is 4.36. The minimum atomic E-state index is -0.356. The Balaban J connectivity index is 1.63. The van der Waals surface area contributed by atoms with Crippen LogP contribution in [0.1, 0.15) is 29.5 Å². The van der Waals surface area contributed by atoms with Crippen molar-refractivity contribution >= 4 is 5.97 Å². The van der Waals surface area contributed by atoms with Gasteiger partial charge in [-0.3, -0.25) is 4.90 Å². The molecule has 0 aliphatic carbocycles. The topological polar surface area (TPSA) is 50.8 Å². The fourth-order valence-corrected chi connectivity index (χ4v) is 4.11. The van der Waals surface area contributed by atoms with Crippen molar-refractivity contribution in [1.82, 2.24) is 10.2 Å². The smallest absolute Gasteiger partial charge is 0.343 e. The van der Waals surface area contributed by atoms with Gasteiger partial charge in [-0.15, -0.1) is 0 Å². The molecule has 1 N–H and O–H groups in total. The lowest BCUT2D eigenvalue weighted by Crippen LogP contribution is -2.29. The van der Waals surface area contributed by atoms with E-state index in [0.29, 0.717) is 5.41 Å². The summed E-state index contributed by atoms with van der Waals surface area (Å²) in [6.07, 6.45) is 2.61. The normalized spacial score (nSPS) is 23.8. The Morgan fingerprint density at radius 2 is 2.04 bits per heavy atom. The van der Waals surface area contributed by atoms with E-state index in [9.17, 15) is 4.79 Å². The first-order valence-electron chi connectivity index (χ1n) is 8.74. The van der Waals surface area contributed by atoms with Gasteiger partial charge >= 0.3 is 5.97 Å². The molecule has 1 spiro atoms. The van der Waals surface area contributed by atoms with Crippen LogP contribution in [0.15, 0.2) is 12.1 Å². The van der Waals surface area contributed by atoms with Gasteiger partial charge in [0.15, 0.2) is 6.61 Å².